The average Bonchev–Trinajstić information content (AvgIpc) is 3.88. The molecule has 6 heterocycles. The van der Waals surface area contributed by atoms with Crippen molar-refractivity contribution in [2.45, 2.75) is 69.5 Å². The maximum atomic E-state index is 12.7. The molecule has 9 N–H and O–H groups in total. The van der Waals surface area contributed by atoms with E-state index in [9.17, 15) is 19.2 Å². The van der Waals surface area contributed by atoms with Crippen LogP contribution in [0.3, 0.4) is 0 Å². The number of hydrogen-bond donors (Lipinski definition) is 6. The molecule has 0 unspecified atom stereocenters. The van der Waals surface area contributed by atoms with Gasteiger partial charge >= 0.3 is 0 Å². The molecule has 1 saturated carbocycles. The molecule has 5 fully saturated rings. The fraction of sp³-hybridized carbons (Fsp3) is 0.511. The quantitative estimate of drug-likeness (QED) is 0.118. The molecule has 0 radical (unpaired) electrons. The van der Waals surface area contributed by atoms with Gasteiger partial charge in [0.1, 0.15) is 0 Å². The third kappa shape index (κ3) is 12.2. The van der Waals surface area contributed by atoms with Crippen LogP contribution in [0.25, 0.3) is 0 Å². The van der Waals surface area contributed by atoms with E-state index in [0.717, 1.165) is 45.3 Å². The first-order valence-corrected chi connectivity index (χ1v) is 23.2. The summed E-state index contributed by atoms with van der Waals surface area (Å²) < 4.78 is 10.6. The minimum atomic E-state index is -0.733. The van der Waals surface area contributed by atoms with Crippen LogP contribution in [0.2, 0.25) is 0 Å². The molecular weight excluding hydrogens is 861 g/mol. The van der Waals surface area contributed by atoms with Gasteiger partial charge in [0.05, 0.1) is 26.4 Å². The van der Waals surface area contributed by atoms with Gasteiger partial charge in [-0.3, -0.25) is 19.2 Å². The van der Waals surface area contributed by atoms with Crippen LogP contribution >= 0.6 is 0 Å². The number of nitrogens with zero attached hydrogens (tertiary/aromatic N) is 10. The normalized spacial score (nSPS) is 20.1. The van der Waals surface area contributed by atoms with Gasteiger partial charge in [0.15, 0.2) is 23.0 Å². The highest BCUT2D eigenvalue weighted by Crippen LogP contribution is 2.26. The van der Waals surface area contributed by atoms with E-state index in [2.05, 4.69) is 51.2 Å². The Morgan fingerprint density at radius 2 is 0.970 bits per heavy atom. The molecule has 4 aromatic rings. The van der Waals surface area contributed by atoms with Gasteiger partial charge < -0.3 is 62.2 Å². The molecule has 2 aromatic carbocycles. The van der Waals surface area contributed by atoms with Crippen molar-refractivity contribution in [3.05, 3.63) is 71.0 Å². The minimum absolute atomic E-state index is 0.0233. The topological polar surface area (TPSA) is 291 Å². The Morgan fingerprint density at radius 1 is 0.537 bits per heavy atom. The highest BCUT2D eigenvalue weighted by Gasteiger charge is 2.28. The monoisotopic (exact) mass is 920 g/mol. The predicted octanol–water partition coefficient (Wildman–Crippen LogP) is 1.80. The van der Waals surface area contributed by atoms with Crippen LogP contribution in [-0.2, 0) is 9.47 Å². The fourth-order valence-electron chi connectivity index (χ4n) is 8.88. The molecule has 22 nitrogen and oxygen atoms in total. The largest absolute Gasteiger partial charge is 0.378 e. The van der Waals surface area contributed by atoms with Gasteiger partial charge in [-0.15, -0.1) is 20.4 Å². The van der Waals surface area contributed by atoms with Gasteiger partial charge in [-0.2, -0.15) is 9.97 Å². The summed E-state index contributed by atoms with van der Waals surface area (Å²) in [6.45, 7) is 7.55. The van der Waals surface area contributed by atoms with E-state index in [0.29, 0.717) is 106 Å². The maximum Gasteiger partial charge on any atom is 0.273 e. The SMILES string of the molecule is NC(=O)c1nnc(N2CCC[C@@H](N)C2)nc1Nc1ccc(C(=O)N2CCOCC2)cc1.NC(=O)c1nnc(N2CCC[C@@H](NC3CCCC3)C2)nc1Nc1ccc(C(=O)N2CCOCC2)cc1. The average molecular weight is 921 g/mol. The van der Waals surface area contributed by atoms with Gasteiger partial charge in [-0.1, -0.05) is 12.8 Å². The number of anilines is 6. The number of amides is 4. The highest BCUT2D eigenvalue weighted by molar-refractivity contribution is 5.98. The lowest BCUT2D eigenvalue weighted by molar-refractivity contribution is 0.0301. The highest BCUT2D eigenvalue weighted by atomic mass is 16.5. The molecule has 22 heteroatoms. The Bertz CT molecular complexity index is 2340. The summed E-state index contributed by atoms with van der Waals surface area (Å²) >= 11 is 0. The summed E-state index contributed by atoms with van der Waals surface area (Å²) in [4.78, 5) is 65.9. The number of nitrogens with one attached hydrogen (secondary N) is 3. The molecule has 5 aliphatic rings. The molecule has 2 aromatic heterocycles. The predicted molar refractivity (Wildman–Crippen MR) is 250 cm³/mol. The Labute approximate surface area is 388 Å². The molecule has 9 rings (SSSR count). The van der Waals surface area contributed by atoms with Gasteiger partial charge in [0, 0.05) is 93.0 Å². The van der Waals surface area contributed by atoms with Crippen LogP contribution in [-0.4, -0.2) is 161 Å². The number of benzene rings is 2. The van der Waals surface area contributed by atoms with E-state index in [1.807, 2.05) is 4.90 Å². The first-order chi connectivity index (χ1) is 32.6. The second kappa shape index (κ2) is 22.2. The standard InChI is InChI=1S/C25H34N8O3.C20H26N8O3/c26-22(34)21-23(28-19-9-7-17(8-10-19)24(35)32-12-14-36-15-13-32)29-25(31-30-21)33-11-3-6-20(16-33)27-18-4-1-2-5-18;21-14-2-1-7-28(12-14)20-24-18(16(17(22)29)25-26-20)23-15-5-3-13(4-6-15)19(30)27-8-10-31-11-9-27/h7-10,18,20,27H,1-6,11-16H2,(H2,26,34)(H,28,29,31);3-6,14H,1-2,7-12,21H2,(H2,22,29)(H,23,24,26)/t20-;14-/m11/s1. The van der Waals surface area contributed by atoms with Gasteiger partial charge in [0.25, 0.3) is 23.6 Å². The smallest absolute Gasteiger partial charge is 0.273 e. The van der Waals surface area contributed by atoms with Crippen molar-refractivity contribution in [1.82, 2.24) is 45.5 Å². The zero-order chi connectivity index (χ0) is 46.7. The lowest BCUT2D eigenvalue weighted by Crippen LogP contribution is -2.49. The molecule has 2 atom stereocenters. The number of piperidine rings is 2. The van der Waals surface area contributed by atoms with Crippen molar-refractivity contribution >= 4 is 58.5 Å². The van der Waals surface area contributed by atoms with Crippen LogP contribution in [0, 0.1) is 0 Å². The molecule has 67 heavy (non-hydrogen) atoms. The van der Waals surface area contributed by atoms with Gasteiger partial charge in [-0.05, 0) is 87.1 Å². The molecule has 356 valence electrons. The Morgan fingerprint density at radius 3 is 1.42 bits per heavy atom. The third-order valence-electron chi connectivity index (χ3n) is 12.5. The zero-order valence-corrected chi connectivity index (χ0v) is 37.6. The van der Waals surface area contributed by atoms with E-state index >= 15 is 0 Å². The van der Waals surface area contributed by atoms with Crippen LogP contribution in [0.1, 0.15) is 93.1 Å². The summed E-state index contributed by atoms with van der Waals surface area (Å²) in [5.41, 5.74) is 19.4. The summed E-state index contributed by atoms with van der Waals surface area (Å²) in [6, 6.07) is 15.0. The van der Waals surface area contributed by atoms with E-state index in [1.54, 1.807) is 58.3 Å². The van der Waals surface area contributed by atoms with Gasteiger partial charge in [0.2, 0.25) is 11.9 Å². The number of nitrogens with two attached hydrogens (primary N) is 3. The third-order valence-corrected chi connectivity index (χ3v) is 12.5. The molecule has 0 bridgehead atoms. The lowest BCUT2D eigenvalue weighted by Gasteiger charge is -2.34. The van der Waals surface area contributed by atoms with E-state index in [-0.39, 0.29) is 40.9 Å². The Hall–Kier alpha value is -6.62. The number of hydrogen-bond acceptors (Lipinski definition) is 18. The fourth-order valence-corrected chi connectivity index (χ4v) is 8.88. The molecule has 4 amide bonds. The number of aromatic nitrogens is 6. The first-order valence-electron chi connectivity index (χ1n) is 23.2. The number of ether oxygens (including phenoxy) is 2. The van der Waals surface area contributed by atoms with E-state index in [4.69, 9.17) is 26.7 Å². The second-order valence-corrected chi connectivity index (χ2v) is 17.3. The van der Waals surface area contributed by atoms with Crippen LogP contribution < -0.4 is 43.0 Å². The number of primary amides is 2. The van der Waals surface area contributed by atoms with Crippen molar-refractivity contribution in [2.24, 2.45) is 17.2 Å². The first kappa shape index (κ1) is 46.9. The van der Waals surface area contributed by atoms with E-state index in [1.165, 1.54) is 25.7 Å². The van der Waals surface area contributed by atoms with Crippen LogP contribution in [0.15, 0.2) is 48.5 Å². The van der Waals surface area contributed by atoms with Crippen molar-refractivity contribution < 1.29 is 28.7 Å². The minimum Gasteiger partial charge on any atom is -0.378 e. The van der Waals surface area contributed by atoms with E-state index < -0.39 is 11.8 Å². The van der Waals surface area contributed by atoms with Crippen molar-refractivity contribution in [3.8, 4) is 0 Å². The molecular formula is C45H60N16O6. The maximum absolute atomic E-state index is 12.7. The van der Waals surface area contributed by atoms with Crippen LogP contribution in [0.5, 0.6) is 0 Å². The lowest BCUT2D eigenvalue weighted by atomic mass is 10.0. The summed E-state index contributed by atoms with van der Waals surface area (Å²) in [5, 5.41) is 26.4. The second-order valence-electron chi connectivity index (χ2n) is 17.3. The molecule has 4 saturated heterocycles. The number of carbonyl (C=O) groups excluding carboxylic acids is 4. The summed E-state index contributed by atoms with van der Waals surface area (Å²) in [6.07, 6.45) is 9.13. The van der Waals surface area contributed by atoms with Crippen molar-refractivity contribution in [3.63, 3.8) is 0 Å². The Balaban J connectivity index is 0.000000184. The summed E-state index contributed by atoms with van der Waals surface area (Å²) in [7, 11) is 0. The van der Waals surface area contributed by atoms with Crippen molar-refractivity contribution in [2.75, 3.05) is 99.2 Å². The zero-order valence-electron chi connectivity index (χ0n) is 37.6. The van der Waals surface area contributed by atoms with Gasteiger partial charge in [-0.25, -0.2) is 0 Å². The molecule has 0 spiro atoms. The van der Waals surface area contributed by atoms with Crippen LogP contribution in [0.4, 0.5) is 34.9 Å². The molecule has 1 aliphatic carbocycles. The summed E-state index contributed by atoms with van der Waals surface area (Å²) in [5.74, 6) is -0.179. The number of carbonyl (C=O) groups is 4. The number of morpholine rings is 2. The number of rotatable bonds is 12. The Kier molecular flexibility index (Phi) is 15.6. The van der Waals surface area contributed by atoms with Crippen molar-refractivity contribution in [1.29, 1.82) is 0 Å². The molecule has 4 aliphatic heterocycles.